The van der Waals surface area contributed by atoms with Crippen molar-refractivity contribution < 1.29 is 33.2 Å². The SMILES string of the molecule is CCCOCC(OCCC#N)C(OCCC#N)C(OCCC#N)C(OCCC#N)C(OCCC#N)C(CCCCC#N)OCCC#N. The van der Waals surface area contributed by atoms with Crippen molar-refractivity contribution in [1.82, 2.24) is 0 Å². The minimum absolute atomic E-state index is 0.00215. The van der Waals surface area contributed by atoms with Crippen molar-refractivity contribution in [3.63, 3.8) is 0 Å². The molecule has 47 heavy (non-hydrogen) atoms. The summed E-state index contributed by atoms with van der Waals surface area (Å²) in [5.41, 5.74) is 0. The number of hydrogen-bond acceptors (Lipinski definition) is 14. The summed E-state index contributed by atoms with van der Waals surface area (Å²) in [7, 11) is 0. The first-order chi connectivity index (χ1) is 23.1. The van der Waals surface area contributed by atoms with E-state index in [1.807, 2.05) is 13.0 Å². The zero-order valence-corrected chi connectivity index (χ0v) is 27.4. The Morgan fingerprint density at radius 2 is 0.766 bits per heavy atom. The molecule has 0 aliphatic rings. The van der Waals surface area contributed by atoms with Crippen LogP contribution in [0.3, 0.4) is 0 Å². The molecule has 0 radical (unpaired) electrons. The van der Waals surface area contributed by atoms with Gasteiger partial charge in [0.2, 0.25) is 0 Å². The van der Waals surface area contributed by atoms with E-state index in [-0.39, 0.29) is 84.8 Å². The maximum absolute atomic E-state index is 9.34. The Hall–Kier alpha value is -3.85. The highest BCUT2D eigenvalue weighted by atomic mass is 16.6. The second kappa shape index (κ2) is 32.1. The van der Waals surface area contributed by atoms with Crippen LogP contribution in [-0.2, 0) is 33.2 Å². The fourth-order valence-corrected chi connectivity index (χ4v) is 4.53. The van der Waals surface area contributed by atoms with Gasteiger partial charge in [-0.25, -0.2) is 0 Å². The van der Waals surface area contributed by atoms with Crippen LogP contribution in [0, 0.1) is 79.3 Å². The maximum atomic E-state index is 9.34. The lowest BCUT2D eigenvalue weighted by Crippen LogP contribution is -2.58. The van der Waals surface area contributed by atoms with E-state index in [2.05, 4.69) is 36.4 Å². The molecule has 0 spiro atoms. The second-order valence-electron chi connectivity index (χ2n) is 10.1. The van der Waals surface area contributed by atoms with Gasteiger partial charge in [0, 0.05) is 13.0 Å². The topological polar surface area (TPSA) is 231 Å². The molecule has 256 valence electrons. The molecule has 0 N–H and O–H groups in total. The highest BCUT2D eigenvalue weighted by molar-refractivity contribution is 4.95. The normalized spacial score (nSPS) is 14.3. The zero-order chi connectivity index (χ0) is 34.8. The first-order valence-electron chi connectivity index (χ1n) is 16.0. The molecule has 0 fully saturated rings. The molecule has 0 heterocycles. The molecule has 6 unspecified atom stereocenters. The molecule has 14 heteroatoms. The van der Waals surface area contributed by atoms with Crippen LogP contribution < -0.4 is 0 Å². The number of unbranched alkanes of at least 4 members (excludes halogenated alkanes) is 2. The van der Waals surface area contributed by atoms with E-state index in [0.717, 1.165) is 6.42 Å². The average molecular weight is 654 g/mol. The van der Waals surface area contributed by atoms with Crippen molar-refractivity contribution in [2.45, 2.75) is 114 Å². The predicted molar refractivity (Wildman–Crippen MR) is 165 cm³/mol. The van der Waals surface area contributed by atoms with E-state index < -0.39 is 36.6 Å². The summed E-state index contributed by atoms with van der Waals surface area (Å²) in [6.07, 6.45) is -2.47. The summed E-state index contributed by atoms with van der Waals surface area (Å²) in [5, 5.41) is 64.7. The molecular weight excluding hydrogens is 606 g/mol. The van der Waals surface area contributed by atoms with Gasteiger partial charge in [-0.1, -0.05) is 6.92 Å². The summed E-state index contributed by atoms with van der Waals surface area (Å²) in [4.78, 5) is 0. The van der Waals surface area contributed by atoms with Crippen molar-refractivity contribution in [3.8, 4) is 42.5 Å². The fourth-order valence-electron chi connectivity index (χ4n) is 4.53. The van der Waals surface area contributed by atoms with Gasteiger partial charge in [0.15, 0.2) is 0 Å². The van der Waals surface area contributed by atoms with Gasteiger partial charge in [0.25, 0.3) is 0 Å². The Bertz CT molecular complexity index is 1090. The fraction of sp³-hybridized carbons (Fsp3) is 0.788. The van der Waals surface area contributed by atoms with Crippen molar-refractivity contribution in [3.05, 3.63) is 0 Å². The third kappa shape index (κ3) is 20.8. The zero-order valence-electron chi connectivity index (χ0n) is 27.4. The van der Waals surface area contributed by atoms with Gasteiger partial charge in [0.05, 0.1) is 133 Å². The van der Waals surface area contributed by atoms with Crippen LogP contribution >= 0.6 is 0 Å². The summed E-state index contributed by atoms with van der Waals surface area (Å²) in [6.45, 7) is 2.48. The minimum Gasteiger partial charge on any atom is -0.379 e. The third-order valence-electron chi connectivity index (χ3n) is 6.55. The molecule has 0 aliphatic carbocycles. The quantitative estimate of drug-likeness (QED) is 0.0950. The van der Waals surface area contributed by atoms with Crippen LogP contribution in [0.5, 0.6) is 0 Å². The van der Waals surface area contributed by atoms with Gasteiger partial charge in [-0.05, 0) is 25.7 Å². The van der Waals surface area contributed by atoms with Crippen molar-refractivity contribution in [1.29, 1.82) is 36.8 Å². The van der Waals surface area contributed by atoms with Crippen LogP contribution in [0.4, 0.5) is 0 Å². The Morgan fingerprint density at radius 1 is 0.404 bits per heavy atom. The van der Waals surface area contributed by atoms with Gasteiger partial charge >= 0.3 is 0 Å². The Morgan fingerprint density at radius 3 is 1.17 bits per heavy atom. The molecule has 14 nitrogen and oxygen atoms in total. The number of hydrogen-bond donors (Lipinski definition) is 0. The smallest absolute Gasteiger partial charge is 0.115 e. The van der Waals surface area contributed by atoms with Crippen LogP contribution in [0.25, 0.3) is 0 Å². The number of ether oxygens (including phenoxy) is 7. The molecule has 0 rings (SSSR count). The van der Waals surface area contributed by atoms with E-state index in [4.69, 9.17) is 38.4 Å². The van der Waals surface area contributed by atoms with E-state index in [1.54, 1.807) is 0 Å². The third-order valence-corrected chi connectivity index (χ3v) is 6.55. The van der Waals surface area contributed by atoms with E-state index in [9.17, 15) is 31.6 Å². The number of rotatable bonds is 31. The summed E-state index contributed by atoms with van der Waals surface area (Å²) < 4.78 is 43.4. The first-order valence-corrected chi connectivity index (χ1v) is 16.0. The van der Waals surface area contributed by atoms with Gasteiger partial charge in [-0.3, -0.25) is 0 Å². The molecule has 0 saturated heterocycles. The number of nitrogens with zero attached hydrogens (tertiary/aromatic N) is 7. The van der Waals surface area contributed by atoms with Crippen molar-refractivity contribution in [2.24, 2.45) is 0 Å². The van der Waals surface area contributed by atoms with E-state index in [1.165, 1.54) is 0 Å². The lowest BCUT2D eigenvalue weighted by Gasteiger charge is -2.42. The Kier molecular flexibility index (Phi) is 29.5. The highest BCUT2D eigenvalue weighted by Gasteiger charge is 2.45. The molecule has 0 amide bonds. The second-order valence-corrected chi connectivity index (χ2v) is 10.1. The molecule has 0 saturated carbocycles. The number of nitriles is 7. The predicted octanol–water partition coefficient (Wildman–Crippen LogP) is 4.29. The summed E-state index contributed by atoms with van der Waals surface area (Å²) >= 11 is 0. The lowest BCUT2D eigenvalue weighted by molar-refractivity contribution is -0.224. The molecular formula is C33H47N7O7. The Balaban J connectivity index is 7.15. The molecule has 0 aliphatic heterocycles. The monoisotopic (exact) mass is 653 g/mol. The first kappa shape index (κ1) is 43.1. The van der Waals surface area contributed by atoms with Crippen LogP contribution in [0.15, 0.2) is 0 Å². The highest BCUT2D eigenvalue weighted by Crippen LogP contribution is 2.28. The summed E-state index contributed by atoms with van der Waals surface area (Å²) in [5.74, 6) is 0. The van der Waals surface area contributed by atoms with Crippen molar-refractivity contribution >= 4 is 0 Å². The van der Waals surface area contributed by atoms with Gasteiger partial charge < -0.3 is 33.2 Å². The summed E-state index contributed by atoms with van der Waals surface area (Å²) in [6, 6.07) is 14.4. The lowest BCUT2D eigenvalue weighted by atomic mass is 9.92. The molecule has 0 aromatic rings. The average Bonchev–Trinajstić information content (AvgIpc) is 3.07. The molecule has 6 atom stereocenters. The van der Waals surface area contributed by atoms with Crippen molar-refractivity contribution in [2.75, 3.05) is 52.9 Å². The van der Waals surface area contributed by atoms with Crippen LogP contribution in [0.2, 0.25) is 0 Å². The van der Waals surface area contributed by atoms with Crippen LogP contribution in [0.1, 0.15) is 77.6 Å². The van der Waals surface area contributed by atoms with E-state index in [0.29, 0.717) is 32.3 Å². The van der Waals surface area contributed by atoms with Crippen LogP contribution in [-0.4, -0.2) is 89.5 Å². The van der Waals surface area contributed by atoms with Gasteiger partial charge in [0.1, 0.15) is 30.5 Å². The van der Waals surface area contributed by atoms with Gasteiger partial charge in [-0.2, -0.15) is 36.8 Å². The largest absolute Gasteiger partial charge is 0.379 e. The minimum atomic E-state index is -1.04. The molecule has 0 bridgehead atoms. The molecule has 0 aromatic carbocycles. The van der Waals surface area contributed by atoms with E-state index >= 15 is 0 Å². The maximum Gasteiger partial charge on any atom is 0.115 e. The standard InChI is InChI=1S/C33H47N7O7/c1-2-20-41-27-29(43-22-7-15-36)31(45-24-9-17-38)33(47-26-11-19-40)32(46-25-10-18-39)30(44-23-8-16-37)28(42-21-6-14-35)12-4-3-5-13-34/h28-33H,2-12,20-27H2,1H3. The van der Waals surface area contributed by atoms with Gasteiger partial charge in [-0.15, -0.1) is 0 Å². The Labute approximate surface area is 279 Å². The molecule has 0 aromatic heterocycles.